The molecule has 1 aromatic heterocycles. The zero-order valence-electron chi connectivity index (χ0n) is 10.7. The molecule has 0 aliphatic rings. The normalized spacial score (nSPS) is 12.8. The summed E-state index contributed by atoms with van der Waals surface area (Å²) in [6, 6.07) is -0.693. The first kappa shape index (κ1) is 14.0. The Hall–Kier alpha value is -2.05. The number of imidazole rings is 1. The van der Waals surface area contributed by atoms with Crippen LogP contribution in [0, 0.1) is 5.41 Å². The Bertz CT molecular complexity index is 414. The summed E-state index contributed by atoms with van der Waals surface area (Å²) in [5.74, 6) is -0.315. The molecule has 0 aromatic carbocycles. The van der Waals surface area contributed by atoms with Crippen LogP contribution in [-0.4, -0.2) is 33.6 Å². The Morgan fingerprint density at radius 2 is 2.22 bits per heavy atom. The SMILES string of the molecule is CC(NC(=O)NCC(C)(C)C(=O)O)c1ncc[nH]1. The molecular weight excluding hydrogens is 236 g/mol. The molecule has 1 aromatic rings. The van der Waals surface area contributed by atoms with Crippen LogP contribution in [0.2, 0.25) is 0 Å². The number of carbonyl (C=O) groups excluding carboxylic acids is 1. The number of amides is 2. The molecule has 1 heterocycles. The van der Waals surface area contributed by atoms with E-state index in [9.17, 15) is 9.59 Å². The second-order valence-electron chi connectivity index (χ2n) is 4.71. The average Bonchev–Trinajstić information content (AvgIpc) is 2.79. The number of aliphatic carboxylic acids is 1. The molecule has 1 unspecified atom stereocenters. The van der Waals surface area contributed by atoms with Crippen molar-refractivity contribution in [2.45, 2.75) is 26.8 Å². The molecule has 0 saturated heterocycles. The van der Waals surface area contributed by atoms with Gasteiger partial charge < -0.3 is 20.7 Å². The first-order valence-electron chi connectivity index (χ1n) is 5.60. The van der Waals surface area contributed by atoms with Gasteiger partial charge in [0.15, 0.2) is 0 Å². The highest BCUT2D eigenvalue weighted by Gasteiger charge is 2.27. The van der Waals surface area contributed by atoms with Gasteiger partial charge in [0.25, 0.3) is 0 Å². The summed E-state index contributed by atoms with van der Waals surface area (Å²) in [4.78, 5) is 29.3. The lowest BCUT2D eigenvalue weighted by molar-refractivity contribution is -0.146. The molecule has 0 aliphatic carbocycles. The van der Waals surface area contributed by atoms with Crippen molar-refractivity contribution in [3.8, 4) is 0 Å². The van der Waals surface area contributed by atoms with Gasteiger partial charge in [-0.25, -0.2) is 9.78 Å². The zero-order chi connectivity index (χ0) is 13.8. The van der Waals surface area contributed by atoms with Gasteiger partial charge in [0, 0.05) is 18.9 Å². The molecule has 0 fully saturated rings. The minimum absolute atomic E-state index is 0.0546. The van der Waals surface area contributed by atoms with Crippen LogP contribution in [0.3, 0.4) is 0 Å². The minimum atomic E-state index is -0.995. The van der Waals surface area contributed by atoms with Crippen LogP contribution >= 0.6 is 0 Å². The molecule has 1 rings (SSSR count). The Morgan fingerprint density at radius 1 is 1.56 bits per heavy atom. The van der Waals surface area contributed by atoms with Gasteiger partial charge >= 0.3 is 12.0 Å². The lowest BCUT2D eigenvalue weighted by Gasteiger charge is -2.20. The number of H-pyrrole nitrogens is 1. The van der Waals surface area contributed by atoms with Gasteiger partial charge in [-0.05, 0) is 20.8 Å². The maximum absolute atomic E-state index is 11.6. The van der Waals surface area contributed by atoms with E-state index in [0.717, 1.165) is 0 Å². The van der Waals surface area contributed by atoms with Crippen molar-refractivity contribution >= 4 is 12.0 Å². The largest absolute Gasteiger partial charge is 0.481 e. The van der Waals surface area contributed by atoms with Crippen LogP contribution in [0.4, 0.5) is 4.79 Å². The maximum atomic E-state index is 11.6. The quantitative estimate of drug-likeness (QED) is 0.625. The average molecular weight is 254 g/mol. The second-order valence-corrected chi connectivity index (χ2v) is 4.71. The monoisotopic (exact) mass is 254 g/mol. The van der Waals surface area contributed by atoms with E-state index >= 15 is 0 Å². The summed E-state index contributed by atoms with van der Waals surface area (Å²) in [5.41, 5.74) is -0.995. The standard InChI is InChI=1S/C11H18N4O3/c1-7(8-12-4-5-13-8)15-10(18)14-6-11(2,3)9(16)17/h4-5,7H,6H2,1-3H3,(H,12,13)(H,16,17)(H2,14,15,18). The van der Waals surface area contributed by atoms with Crippen molar-refractivity contribution in [3.63, 3.8) is 0 Å². The molecular formula is C11H18N4O3. The number of carboxylic acid groups (broad SMARTS) is 1. The Morgan fingerprint density at radius 3 is 2.72 bits per heavy atom. The molecule has 0 saturated carbocycles. The lowest BCUT2D eigenvalue weighted by Crippen LogP contribution is -2.44. The van der Waals surface area contributed by atoms with Crippen molar-refractivity contribution in [3.05, 3.63) is 18.2 Å². The van der Waals surface area contributed by atoms with Crippen molar-refractivity contribution in [1.29, 1.82) is 0 Å². The summed E-state index contributed by atoms with van der Waals surface area (Å²) in [5, 5.41) is 14.1. The third-order valence-corrected chi connectivity index (χ3v) is 2.55. The molecule has 4 N–H and O–H groups in total. The first-order valence-corrected chi connectivity index (χ1v) is 5.60. The van der Waals surface area contributed by atoms with Gasteiger partial charge in [0.05, 0.1) is 11.5 Å². The smallest absolute Gasteiger partial charge is 0.315 e. The highest BCUT2D eigenvalue weighted by atomic mass is 16.4. The van der Waals surface area contributed by atoms with E-state index in [0.29, 0.717) is 5.82 Å². The van der Waals surface area contributed by atoms with Crippen molar-refractivity contribution in [2.75, 3.05) is 6.54 Å². The Labute approximate surface area is 105 Å². The summed E-state index contributed by atoms with van der Waals surface area (Å²) in [7, 11) is 0. The zero-order valence-corrected chi connectivity index (χ0v) is 10.7. The predicted octanol–water partition coefficient (Wildman–Crippen LogP) is 0.881. The van der Waals surface area contributed by atoms with E-state index in [-0.39, 0.29) is 12.6 Å². The van der Waals surface area contributed by atoms with E-state index in [1.807, 2.05) is 0 Å². The molecule has 18 heavy (non-hydrogen) atoms. The van der Waals surface area contributed by atoms with E-state index in [1.54, 1.807) is 33.2 Å². The molecule has 7 heteroatoms. The number of hydrogen-bond donors (Lipinski definition) is 4. The van der Waals surface area contributed by atoms with E-state index in [1.165, 1.54) is 0 Å². The van der Waals surface area contributed by atoms with Gasteiger partial charge in [-0.2, -0.15) is 0 Å². The van der Waals surface area contributed by atoms with E-state index in [4.69, 9.17) is 5.11 Å². The molecule has 0 radical (unpaired) electrons. The Kier molecular flexibility index (Phi) is 4.30. The fourth-order valence-electron chi connectivity index (χ4n) is 1.21. The van der Waals surface area contributed by atoms with Crippen LogP contribution in [0.25, 0.3) is 0 Å². The van der Waals surface area contributed by atoms with Gasteiger partial charge in [-0.15, -0.1) is 0 Å². The van der Waals surface area contributed by atoms with Crippen molar-refractivity contribution < 1.29 is 14.7 Å². The number of carbonyl (C=O) groups is 2. The van der Waals surface area contributed by atoms with Gasteiger partial charge in [-0.3, -0.25) is 4.79 Å². The molecule has 0 bridgehead atoms. The van der Waals surface area contributed by atoms with Crippen LogP contribution in [0.1, 0.15) is 32.6 Å². The second kappa shape index (κ2) is 5.52. The lowest BCUT2D eigenvalue weighted by atomic mass is 9.94. The number of nitrogens with one attached hydrogen (secondary N) is 3. The van der Waals surface area contributed by atoms with Gasteiger partial charge in [0.2, 0.25) is 0 Å². The van der Waals surface area contributed by atoms with Crippen molar-refractivity contribution in [1.82, 2.24) is 20.6 Å². The Balaban J connectivity index is 2.41. The molecule has 1 atom stereocenters. The van der Waals surface area contributed by atoms with Gasteiger partial charge in [-0.1, -0.05) is 0 Å². The molecule has 0 aliphatic heterocycles. The van der Waals surface area contributed by atoms with Crippen LogP contribution in [-0.2, 0) is 4.79 Å². The molecule has 7 nitrogen and oxygen atoms in total. The summed E-state index contributed by atoms with van der Waals surface area (Å²) < 4.78 is 0. The highest BCUT2D eigenvalue weighted by molar-refractivity contribution is 5.77. The van der Waals surface area contributed by atoms with Crippen LogP contribution < -0.4 is 10.6 Å². The third-order valence-electron chi connectivity index (χ3n) is 2.55. The summed E-state index contributed by atoms with van der Waals surface area (Å²) in [6.07, 6.45) is 3.26. The predicted molar refractivity (Wildman–Crippen MR) is 65.0 cm³/mol. The number of aromatic amines is 1. The topological polar surface area (TPSA) is 107 Å². The third kappa shape index (κ3) is 3.76. The fraction of sp³-hybridized carbons (Fsp3) is 0.545. The molecule has 2 amide bonds. The van der Waals surface area contributed by atoms with Crippen LogP contribution in [0.15, 0.2) is 12.4 Å². The number of aromatic nitrogens is 2. The van der Waals surface area contributed by atoms with Crippen molar-refractivity contribution in [2.24, 2.45) is 5.41 Å². The molecule has 100 valence electrons. The number of urea groups is 1. The fourth-order valence-corrected chi connectivity index (χ4v) is 1.21. The maximum Gasteiger partial charge on any atom is 0.315 e. The first-order chi connectivity index (χ1) is 8.33. The summed E-state index contributed by atoms with van der Waals surface area (Å²) in [6.45, 7) is 4.93. The van der Waals surface area contributed by atoms with Gasteiger partial charge in [0.1, 0.15) is 5.82 Å². The number of nitrogens with zero attached hydrogens (tertiary/aromatic N) is 1. The number of carboxylic acids is 1. The van der Waals surface area contributed by atoms with E-state index in [2.05, 4.69) is 20.6 Å². The van der Waals surface area contributed by atoms with E-state index < -0.39 is 17.4 Å². The minimum Gasteiger partial charge on any atom is -0.481 e. The highest BCUT2D eigenvalue weighted by Crippen LogP contribution is 2.13. The van der Waals surface area contributed by atoms with Crippen LogP contribution in [0.5, 0.6) is 0 Å². The molecule has 0 spiro atoms. The summed E-state index contributed by atoms with van der Waals surface area (Å²) >= 11 is 0. The number of rotatable bonds is 5. The number of hydrogen-bond acceptors (Lipinski definition) is 3.